The first-order valence-electron chi connectivity index (χ1n) is 7.04. The first-order chi connectivity index (χ1) is 11.5. The molecule has 7 nitrogen and oxygen atoms in total. The number of carbonyl (C=O) groups excluding carboxylic acids is 1. The van der Waals surface area contributed by atoms with Crippen molar-refractivity contribution in [1.82, 2.24) is 5.43 Å². The minimum absolute atomic E-state index is 0.0857. The van der Waals surface area contributed by atoms with Crippen molar-refractivity contribution < 1.29 is 24.5 Å². The zero-order valence-electron chi connectivity index (χ0n) is 13.5. The average Bonchev–Trinajstić information content (AvgIpc) is 2.54. The van der Waals surface area contributed by atoms with Gasteiger partial charge in [0.15, 0.2) is 0 Å². The lowest BCUT2D eigenvalue weighted by Gasteiger charge is -2.11. The molecular formula is C17H18N2O5. The summed E-state index contributed by atoms with van der Waals surface area (Å²) in [5, 5.41) is 22.6. The van der Waals surface area contributed by atoms with E-state index < -0.39 is 5.91 Å². The number of ether oxygens (including phenoxy) is 2. The molecule has 0 atom stereocenters. The van der Waals surface area contributed by atoms with Crippen LogP contribution in [0, 0.1) is 6.92 Å². The fourth-order valence-corrected chi connectivity index (χ4v) is 2.24. The Hall–Kier alpha value is -3.22. The van der Waals surface area contributed by atoms with Crippen LogP contribution in [0.4, 0.5) is 0 Å². The van der Waals surface area contributed by atoms with Crippen LogP contribution in [0.15, 0.2) is 35.4 Å². The summed E-state index contributed by atoms with van der Waals surface area (Å²) < 4.78 is 10.6. The third-order valence-electron chi connectivity index (χ3n) is 3.35. The number of phenolic OH excluding ortho intramolecular Hbond substituents is 2. The number of phenols is 2. The molecule has 126 valence electrons. The van der Waals surface area contributed by atoms with Gasteiger partial charge in [-0.1, -0.05) is 0 Å². The number of hydrogen-bond donors (Lipinski definition) is 3. The van der Waals surface area contributed by atoms with Crippen LogP contribution in [-0.2, 0) is 0 Å². The van der Waals surface area contributed by atoms with Gasteiger partial charge in [0.2, 0.25) is 0 Å². The molecule has 3 N–H and O–H groups in total. The second-order valence-corrected chi connectivity index (χ2v) is 4.95. The Kier molecular flexibility index (Phi) is 5.26. The zero-order valence-corrected chi connectivity index (χ0v) is 13.5. The van der Waals surface area contributed by atoms with E-state index >= 15 is 0 Å². The van der Waals surface area contributed by atoms with Crippen molar-refractivity contribution in [2.24, 2.45) is 5.10 Å². The van der Waals surface area contributed by atoms with Gasteiger partial charge in [0.25, 0.3) is 5.91 Å². The predicted octanol–water partition coefficient (Wildman–Crippen LogP) is 2.19. The molecule has 0 aromatic heterocycles. The van der Waals surface area contributed by atoms with Gasteiger partial charge in [0.1, 0.15) is 23.0 Å². The summed E-state index contributed by atoms with van der Waals surface area (Å²) in [6.45, 7) is 1.85. The molecule has 0 bridgehead atoms. The van der Waals surface area contributed by atoms with Gasteiger partial charge in [0.05, 0.1) is 20.4 Å². The molecule has 0 aliphatic heterocycles. The van der Waals surface area contributed by atoms with Gasteiger partial charge in [-0.05, 0) is 31.2 Å². The molecule has 2 aromatic rings. The van der Waals surface area contributed by atoms with Crippen molar-refractivity contribution >= 4 is 12.1 Å². The minimum atomic E-state index is -0.568. The van der Waals surface area contributed by atoms with Gasteiger partial charge in [0, 0.05) is 22.8 Å². The minimum Gasteiger partial charge on any atom is -0.508 e. The van der Waals surface area contributed by atoms with E-state index in [1.165, 1.54) is 25.5 Å². The van der Waals surface area contributed by atoms with Crippen LogP contribution in [0.25, 0.3) is 0 Å². The number of methoxy groups -OCH3 is 2. The van der Waals surface area contributed by atoms with E-state index in [4.69, 9.17) is 9.47 Å². The first-order valence-corrected chi connectivity index (χ1v) is 7.04. The number of carbonyl (C=O) groups is 1. The van der Waals surface area contributed by atoms with Crippen molar-refractivity contribution in [3.63, 3.8) is 0 Å². The van der Waals surface area contributed by atoms with Crippen molar-refractivity contribution in [2.45, 2.75) is 6.92 Å². The van der Waals surface area contributed by atoms with Crippen molar-refractivity contribution in [1.29, 1.82) is 0 Å². The number of hydrogen-bond acceptors (Lipinski definition) is 6. The standard InChI is InChI=1S/C17H18N2O5/c1-10-15(23-2)5-4-11(16(10)24-3)9-18-19-17(22)12-6-13(20)8-14(21)7-12/h4-9,20-21H,1-3H3,(H,19,22). The van der Waals surface area contributed by atoms with Crippen molar-refractivity contribution in [2.75, 3.05) is 14.2 Å². The number of aromatic hydroxyl groups is 2. The van der Waals surface area contributed by atoms with E-state index in [0.717, 1.165) is 11.6 Å². The highest BCUT2D eigenvalue weighted by Gasteiger charge is 2.10. The van der Waals surface area contributed by atoms with Gasteiger partial charge in [-0.2, -0.15) is 5.10 Å². The Bertz CT molecular complexity index is 767. The monoisotopic (exact) mass is 330 g/mol. The summed E-state index contributed by atoms with van der Waals surface area (Å²) in [6.07, 6.45) is 1.44. The maximum atomic E-state index is 12.0. The van der Waals surface area contributed by atoms with E-state index in [-0.39, 0.29) is 17.1 Å². The van der Waals surface area contributed by atoms with Crippen LogP contribution >= 0.6 is 0 Å². The molecule has 24 heavy (non-hydrogen) atoms. The molecule has 0 spiro atoms. The lowest BCUT2D eigenvalue weighted by atomic mass is 10.1. The average molecular weight is 330 g/mol. The molecule has 0 radical (unpaired) electrons. The maximum absolute atomic E-state index is 12.0. The SMILES string of the molecule is COc1ccc(C=NNC(=O)c2cc(O)cc(O)c2)c(OC)c1C. The molecule has 0 aliphatic carbocycles. The van der Waals surface area contributed by atoms with Crippen LogP contribution in [-0.4, -0.2) is 36.6 Å². The smallest absolute Gasteiger partial charge is 0.271 e. The van der Waals surface area contributed by atoms with Crippen LogP contribution in [0.1, 0.15) is 21.5 Å². The molecule has 0 unspecified atom stereocenters. The summed E-state index contributed by atoms with van der Waals surface area (Å²) >= 11 is 0. The molecule has 0 saturated carbocycles. The molecule has 0 aliphatic rings. The molecule has 7 heteroatoms. The summed E-state index contributed by atoms with van der Waals surface area (Å²) in [6, 6.07) is 7.10. The lowest BCUT2D eigenvalue weighted by Crippen LogP contribution is -2.17. The number of nitrogens with zero attached hydrogens (tertiary/aromatic N) is 1. The Labute approximate surface area is 139 Å². The fraction of sp³-hybridized carbons (Fsp3) is 0.176. The van der Waals surface area contributed by atoms with Crippen molar-refractivity contribution in [3.8, 4) is 23.0 Å². The number of rotatable bonds is 5. The van der Waals surface area contributed by atoms with E-state index in [2.05, 4.69) is 10.5 Å². The summed E-state index contributed by atoms with van der Waals surface area (Å²) in [7, 11) is 3.10. The first kappa shape index (κ1) is 17.1. The lowest BCUT2D eigenvalue weighted by molar-refractivity contribution is 0.0954. The van der Waals surface area contributed by atoms with Crippen LogP contribution in [0.2, 0.25) is 0 Å². The van der Waals surface area contributed by atoms with Gasteiger partial charge in [-0.25, -0.2) is 5.43 Å². The Morgan fingerprint density at radius 1 is 1.12 bits per heavy atom. The molecule has 2 aromatic carbocycles. The van der Waals surface area contributed by atoms with Crippen LogP contribution in [0.5, 0.6) is 23.0 Å². The number of benzene rings is 2. The maximum Gasteiger partial charge on any atom is 0.271 e. The second-order valence-electron chi connectivity index (χ2n) is 4.95. The Morgan fingerprint density at radius 3 is 2.38 bits per heavy atom. The fourth-order valence-electron chi connectivity index (χ4n) is 2.24. The summed E-state index contributed by atoms with van der Waals surface area (Å²) in [4.78, 5) is 12.0. The third kappa shape index (κ3) is 3.75. The van der Waals surface area contributed by atoms with Crippen LogP contribution in [0.3, 0.4) is 0 Å². The summed E-state index contributed by atoms with van der Waals surface area (Å²) in [5.41, 5.74) is 3.88. The van der Waals surface area contributed by atoms with Gasteiger partial charge in [-0.3, -0.25) is 4.79 Å². The zero-order chi connectivity index (χ0) is 17.7. The third-order valence-corrected chi connectivity index (χ3v) is 3.35. The normalized spacial score (nSPS) is 10.6. The van der Waals surface area contributed by atoms with Gasteiger partial charge < -0.3 is 19.7 Å². The van der Waals surface area contributed by atoms with Crippen LogP contribution < -0.4 is 14.9 Å². The highest BCUT2D eigenvalue weighted by atomic mass is 16.5. The van der Waals surface area contributed by atoms with E-state index in [0.29, 0.717) is 17.1 Å². The van der Waals surface area contributed by atoms with E-state index in [1.54, 1.807) is 19.2 Å². The number of nitrogens with one attached hydrogen (secondary N) is 1. The highest BCUT2D eigenvalue weighted by molar-refractivity contribution is 5.96. The summed E-state index contributed by atoms with van der Waals surface area (Å²) in [5.74, 6) is 0.278. The molecule has 0 saturated heterocycles. The number of amides is 1. The molecular weight excluding hydrogens is 312 g/mol. The number of hydrazone groups is 1. The quantitative estimate of drug-likeness (QED) is 0.576. The predicted molar refractivity (Wildman–Crippen MR) is 89.1 cm³/mol. The molecule has 0 fully saturated rings. The molecule has 2 rings (SSSR count). The van der Waals surface area contributed by atoms with E-state index in [9.17, 15) is 15.0 Å². The molecule has 1 amide bonds. The Balaban J connectivity index is 2.17. The topological polar surface area (TPSA) is 100 Å². The van der Waals surface area contributed by atoms with Gasteiger partial charge >= 0.3 is 0 Å². The second kappa shape index (κ2) is 7.36. The largest absolute Gasteiger partial charge is 0.508 e. The highest BCUT2D eigenvalue weighted by Crippen LogP contribution is 2.30. The van der Waals surface area contributed by atoms with Crippen molar-refractivity contribution in [3.05, 3.63) is 47.0 Å². The Morgan fingerprint density at radius 2 is 1.79 bits per heavy atom. The van der Waals surface area contributed by atoms with Gasteiger partial charge in [-0.15, -0.1) is 0 Å². The molecule has 0 heterocycles. The van der Waals surface area contributed by atoms with E-state index in [1.807, 2.05) is 6.92 Å².